The lowest BCUT2D eigenvalue weighted by atomic mass is 10.3. The Balaban J connectivity index is 2.52. The van der Waals surface area contributed by atoms with Gasteiger partial charge < -0.3 is 4.74 Å². The number of rotatable bonds is 2. The average Bonchev–Trinajstić information content (AvgIpc) is 2.40. The first-order chi connectivity index (χ1) is 8.52. The predicted molar refractivity (Wildman–Crippen MR) is 86.1 cm³/mol. The van der Waals surface area contributed by atoms with Crippen LogP contribution in [0.1, 0.15) is 0 Å². The lowest BCUT2D eigenvalue weighted by Crippen LogP contribution is -1.89. The summed E-state index contributed by atoms with van der Waals surface area (Å²) in [6.07, 6.45) is 0. The summed E-state index contributed by atoms with van der Waals surface area (Å²) >= 11 is 22.5. The fourth-order valence-corrected chi connectivity index (χ4v) is 3.55. The molecule has 0 aromatic heterocycles. The standard InChI is InChI=1S/C12H5Br3Cl2O/c13-7-8(14)10(16)11(17)12(9(7)15)18-6-4-2-1-3-5-6/h1-5H. The fourth-order valence-electron chi connectivity index (χ4n) is 1.28. The molecule has 0 aliphatic heterocycles. The maximum atomic E-state index is 6.19. The van der Waals surface area contributed by atoms with Gasteiger partial charge in [-0.3, -0.25) is 0 Å². The van der Waals surface area contributed by atoms with Gasteiger partial charge in [0.05, 0.1) is 18.4 Å². The second kappa shape index (κ2) is 6.14. The van der Waals surface area contributed by atoms with Crippen LogP contribution in [0.15, 0.2) is 43.7 Å². The van der Waals surface area contributed by atoms with Crippen molar-refractivity contribution in [3.63, 3.8) is 0 Å². The smallest absolute Gasteiger partial charge is 0.162 e. The average molecular weight is 476 g/mol. The molecule has 0 aliphatic rings. The van der Waals surface area contributed by atoms with E-state index in [9.17, 15) is 0 Å². The Labute approximate surface area is 140 Å². The van der Waals surface area contributed by atoms with Crippen molar-refractivity contribution in [2.24, 2.45) is 0 Å². The maximum Gasteiger partial charge on any atom is 0.162 e. The van der Waals surface area contributed by atoms with Gasteiger partial charge in [-0.1, -0.05) is 41.4 Å². The molecule has 6 heteroatoms. The first-order valence-corrected chi connectivity index (χ1v) is 7.90. The molecular formula is C12H5Br3Cl2O. The van der Waals surface area contributed by atoms with Gasteiger partial charge in [0.2, 0.25) is 0 Å². The van der Waals surface area contributed by atoms with Crippen LogP contribution in [-0.2, 0) is 0 Å². The van der Waals surface area contributed by atoms with Crippen molar-refractivity contribution in [3.8, 4) is 11.5 Å². The molecule has 2 aromatic carbocycles. The molecule has 0 radical (unpaired) electrons. The van der Waals surface area contributed by atoms with Crippen molar-refractivity contribution in [1.82, 2.24) is 0 Å². The monoisotopic (exact) mass is 472 g/mol. The molecule has 0 amide bonds. The van der Waals surface area contributed by atoms with Gasteiger partial charge >= 0.3 is 0 Å². The molecule has 0 aliphatic carbocycles. The molecule has 0 spiro atoms. The maximum absolute atomic E-state index is 6.19. The van der Waals surface area contributed by atoms with E-state index >= 15 is 0 Å². The van der Waals surface area contributed by atoms with Crippen molar-refractivity contribution in [3.05, 3.63) is 53.8 Å². The quantitative estimate of drug-likeness (QED) is 0.333. The van der Waals surface area contributed by atoms with Gasteiger partial charge in [0.1, 0.15) is 10.8 Å². The Morgan fingerprint density at radius 3 is 2.00 bits per heavy atom. The number of hydrogen-bond acceptors (Lipinski definition) is 1. The molecule has 2 rings (SSSR count). The van der Waals surface area contributed by atoms with Crippen LogP contribution in [0.5, 0.6) is 11.5 Å². The minimum Gasteiger partial charge on any atom is -0.455 e. The third kappa shape index (κ3) is 2.88. The Hall–Kier alpha value is 0.260. The summed E-state index contributed by atoms with van der Waals surface area (Å²) in [5.74, 6) is 1.16. The number of hydrogen-bond donors (Lipinski definition) is 0. The van der Waals surface area contributed by atoms with E-state index in [1.54, 1.807) is 0 Å². The summed E-state index contributed by atoms with van der Waals surface area (Å²) in [5, 5.41) is 0.750. The number of benzene rings is 2. The summed E-state index contributed by atoms with van der Waals surface area (Å²) in [7, 11) is 0. The van der Waals surface area contributed by atoms with Crippen LogP contribution in [0.25, 0.3) is 0 Å². The van der Waals surface area contributed by atoms with Gasteiger partial charge in [-0.2, -0.15) is 0 Å². The van der Waals surface area contributed by atoms with Gasteiger partial charge in [-0.05, 0) is 59.9 Å². The zero-order valence-corrected chi connectivity index (χ0v) is 15.0. The molecule has 0 saturated carbocycles. The third-order valence-corrected chi connectivity index (χ3v) is 6.60. The molecule has 0 atom stereocenters. The summed E-state index contributed by atoms with van der Waals surface area (Å²) in [5.41, 5.74) is 0. The molecule has 0 bridgehead atoms. The van der Waals surface area contributed by atoms with Crippen LogP contribution >= 0.6 is 71.0 Å². The van der Waals surface area contributed by atoms with Crippen molar-refractivity contribution >= 4 is 71.0 Å². The van der Waals surface area contributed by atoms with Crippen LogP contribution in [0.3, 0.4) is 0 Å². The molecule has 18 heavy (non-hydrogen) atoms. The van der Waals surface area contributed by atoms with E-state index in [1.807, 2.05) is 30.3 Å². The molecule has 94 valence electrons. The second-order valence-corrected chi connectivity index (χ2v) is 6.45. The van der Waals surface area contributed by atoms with E-state index in [4.69, 9.17) is 27.9 Å². The van der Waals surface area contributed by atoms with Gasteiger partial charge in [0.15, 0.2) is 5.75 Å². The van der Waals surface area contributed by atoms with Crippen molar-refractivity contribution < 1.29 is 4.74 Å². The molecular weight excluding hydrogens is 471 g/mol. The van der Waals surface area contributed by atoms with Crippen LogP contribution in [0.2, 0.25) is 10.0 Å². The fraction of sp³-hybridized carbons (Fsp3) is 0. The Bertz CT molecular complexity index is 559. The highest BCUT2D eigenvalue weighted by molar-refractivity contribution is 9.14. The molecule has 0 saturated heterocycles. The summed E-state index contributed by atoms with van der Waals surface area (Å²) in [4.78, 5) is 0. The van der Waals surface area contributed by atoms with Gasteiger partial charge in [0.25, 0.3) is 0 Å². The van der Waals surface area contributed by atoms with Gasteiger partial charge in [-0.15, -0.1) is 0 Å². The molecule has 0 fully saturated rings. The lowest BCUT2D eigenvalue weighted by Gasteiger charge is -2.13. The van der Waals surface area contributed by atoms with E-state index in [0.29, 0.717) is 30.5 Å². The minimum absolute atomic E-state index is 0.350. The highest BCUT2D eigenvalue weighted by Gasteiger charge is 2.19. The van der Waals surface area contributed by atoms with Crippen LogP contribution in [-0.4, -0.2) is 0 Å². The summed E-state index contributed by atoms with van der Waals surface area (Å²) < 4.78 is 7.88. The molecule has 2 aromatic rings. The van der Waals surface area contributed by atoms with Crippen LogP contribution in [0, 0.1) is 0 Å². The Kier molecular flexibility index (Phi) is 5.00. The van der Waals surface area contributed by atoms with E-state index in [0.717, 1.165) is 4.47 Å². The largest absolute Gasteiger partial charge is 0.455 e. The molecule has 0 heterocycles. The number of para-hydroxylation sites is 1. The highest BCUT2D eigenvalue weighted by Crippen LogP contribution is 2.49. The minimum atomic E-state index is 0.350. The van der Waals surface area contributed by atoms with Crippen LogP contribution < -0.4 is 4.74 Å². The van der Waals surface area contributed by atoms with Crippen molar-refractivity contribution in [1.29, 1.82) is 0 Å². The molecule has 0 N–H and O–H groups in total. The SMILES string of the molecule is Clc1c(Cl)c(Oc2ccccc2)c(Br)c(Br)c1Br. The van der Waals surface area contributed by atoms with Crippen molar-refractivity contribution in [2.45, 2.75) is 0 Å². The predicted octanol–water partition coefficient (Wildman–Crippen LogP) is 7.07. The second-order valence-electron chi connectivity index (χ2n) is 3.31. The molecule has 1 nitrogen and oxygen atoms in total. The first-order valence-electron chi connectivity index (χ1n) is 4.76. The lowest BCUT2D eigenvalue weighted by molar-refractivity contribution is 0.479. The van der Waals surface area contributed by atoms with Gasteiger partial charge in [-0.25, -0.2) is 0 Å². The normalized spacial score (nSPS) is 10.5. The summed E-state index contributed by atoms with van der Waals surface area (Å²) in [6.45, 7) is 0. The zero-order chi connectivity index (χ0) is 13.3. The first kappa shape index (κ1) is 14.7. The highest BCUT2D eigenvalue weighted by atomic mass is 79.9. The van der Waals surface area contributed by atoms with E-state index in [-0.39, 0.29) is 0 Å². The number of ether oxygens (including phenoxy) is 1. The van der Waals surface area contributed by atoms with Crippen LogP contribution in [0.4, 0.5) is 0 Å². The number of halogens is 5. The van der Waals surface area contributed by atoms with Crippen molar-refractivity contribution in [2.75, 3.05) is 0 Å². The Morgan fingerprint density at radius 2 is 1.39 bits per heavy atom. The van der Waals surface area contributed by atoms with E-state index in [1.165, 1.54) is 0 Å². The van der Waals surface area contributed by atoms with Gasteiger partial charge in [0, 0.05) is 0 Å². The topological polar surface area (TPSA) is 9.23 Å². The molecule has 0 unspecified atom stereocenters. The zero-order valence-electron chi connectivity index (χ0n) is 8.68. The van der Waals surface area contributed by atoms with E-state index < -0.39 is 0 Å². The third-order valence-electron chi connectivity index (χ3n) is 2.13. The summed E-state index contributed by atoms with van der Waals surface area (Å²) in [6, 6.07) is 9.35. The van der Waals surface area contributed by atoms with E-state index in [2.05, 4.69) is 47.8 Å². The Morgan fingerprint density at radius 1 is 0.778 bits per heavy atom.